The predicted octanol–water partition coefficient (Wildman–Crippen LogP) is 10.2. The molecule has 3 heteroatoms. The largest absolute Gasteiger partial charge is 0.459 e. The fraction of sp³-hybridized carbons (Fsp3) is 0.457. The molecule has 0 heterocycles. The fourth-order valence-corrected chi connectivity index (χ4v) is 4.82. The Morgan fingerprint density at radius 2 is 1.32 bits per heavy atom. The number of hydrogen-bond donors (Lipinski definition) is 0. The van der Waals surface area contributed by atoms with E-state index < -0.39 is 0 Å². The van der Waals surface area contributed by atoms with E-state index in [1.54, 1.807) is 0 Å². The first-order valence-electron chi connectivity index (χ1n) is 14.7. The molecule has 0 N–H and O–H groups in total. The average Bonchev–Trinajstić information content (AvgIpc) is 2.96. The third kappa shape index (κ3) is 8.84. The summed E-state index contributed by atoms with van der Waals surface area (Å²) in [5.74, 6) is -0.225. The van der Waals surface area contributed by atoms with Crippen LogP contribution in [0.4, 0.5) is 0 Å². The highest BCUT2D eigenvalue weighted by Crippen LogP contribution is 2.29. The summed E-state index contributed by atoms with van der Waals surface area (Å²) in [6, 6.07) is 24.9. The summed E-state index contributed by atoms with van der Waals surface area (Å²) >= 11 is 0. The van der Waals surface area contributed by atoms with Crippen LogP contribution in [-0.2, 0) is 9.47 Å². The van der Waals surface area contributed by atoms with E-state index in [1.807, 2.05) is 24.3 Å². The molecule has 0 aliphatic rings. The molecule has 0 radical (unpaired) electrons. The lowest BCUT2D eigenvalue weighted by atomic mass is 9.96. The molecule has 0 saturated carbocycles. The minimum Gasteiger partial charge on any atom is -0.459 e. The van der Waals surface area contributed by atoms with Crippen molar-refractivity contribution < 1.29 is 14.3 Å². The summed E-state index contributed by atoms with van der Waals surface area (Å²) in [4.78, 5) is 13.1. The van der Waals surface area contributed by atoms with Gasteiger partial charge in [0.1, 0.15) is 6.10 Å². The third-order valence-corrected chi connectivity index (χ3v) is 7.19. The van der Waals surface area contributed by atoms with Crippen LogP contribution in [0.5, 0.6) is 0 Å². The van der Waals surface area contributed by atoms with Gasteiger partial charge in [-0.3, -0.25) is 0 Å². The Hall–Kier alpha value is -2.91. The van der Waals surface area contributed by atoms with Crippen molar-refractivity contribution in [1.82, 2.24) is 0 Å². The molecule has 0 aliphatic carbocycles. The number of carbonyl (C=O) groups is 1. The van der Waals surface area contributed by atoms with E-state index in [-0.39, 0.29) is 18.2 Å². The standard InChI is InChI=1S/C35H46O3/c1-5-8-10-13-26-37-27(4)28-18-20-29(21-19-28)30-22-24-31(25-23-30)33-16-11-12-17-34(33)35(36)38-32(14-7-3)15-9-6-2/h11-12,16-25,27,32H,5-10,13-15,26H2,1-4H3. The Kier molecular flexibility index (Phi) is 12.6. The maximum absolute atomic E-state index is 13.1. The van der Waals surface area contributed by atoms with Crippen molar-refractivity contribution >= 4 is 5.97 Å². The van der Waals surface area contributed by atoms with Crippen molar-refractivity contribution in [2.45, 2.75) is 97.7 Å². The number of benzene rings is 3. The van der Waals surface area contributed by atoms with Gasteiger partial charge in [0.2, 0.25) is 0 Å². The summed E-state index contributed by atoms with van der Waals surface area (Å²) in [6.45, 7) is 9.48. The van der Waals surface area contributed by atoms with Crippen molar-refractivity contribution in [2.75, 3.05) is 6.61 Å². The minimum atomic E-state index is -0.225. The van der Waals surface area contributed by atoms with E-state index in [4.69, 9.17) is 9.47 Å². The number of unbranched alkanes of at least 4 members (excludes halogenated alkanes) is 4. The molecule has 38 heavy (non-hydrogen) atoms. The molecule has 204 valence electrons. The summed E-state index contributed by atoms with van der Waals surface area (Å²) in [7, 11) is 0. The molecule has 0 fully saturated rings. The van der Waals surface area contributed by atoms with Crippen LogP contribution < -0.4 is 0 Å². The molecule has 2 atom stereocenters. The average molecular weight is 515 g/mol. The summed E-state index contributed by atoms with van der Waals surface area (Å²) in [5, 5.41) is 0. The summed E-state index contributed by atoms with van der Waals surface area (Å²) in [6.07, 6.45) is 10.0. The van der Waals surface area contributed by atoms with Gasteiger partial charge in [-0.15, -0.1) is 0 Å². The monoisotopic (exact) mass is 514 g/mol. The van der Waals surface area contributed by atoms with Crippen LogP contribution in [-0.4, -0.2) is 18.7 Å². The lowest BCUT2D eigenvalue weighted by molar-refractivity contribution is 0.0255. The van der Waals surface area contributed by atoms with E-state index in [9.17, 15) is 4.79 Å². The van der Waals surface area contributed by atoms with Crippen LogP contribution in [0.25, 0.3) is 22.3 Å². The van der Waals surface area contributed by atoms with Gasteiger partial charge >= 0.3 is 5.97 Å². The van der Waals surface area contributed by atoms with Crippen LogP contribution >= 0.6 is 0 Å². The third-order valence-electron chi connectivity index (χ3n) is 7.19. The zero-order valence-electron chi connectivity index (χ0n) is 23.9. The molecule has 0 aromatic heterocycles. The molecule has 0 saturated heterocycles. The Balaban J connectivity index is 1.67. The van der Waals surface area contributed by atoms with Crippen molar-refractivity contribution in [2.24, 2.45) is 0 Å². The Morgan fingerprint density at radius 1 is 0.684 bits per heavy atom. The van der Waals surface area contributed by atoms with E-state index in [0.717, 1.165) is 61.8 Å². The highest BCUT2D eigenvalue weighted by Gasteiger charge is 2.18. The second kappa shape index (κ2) is 16.1. The number of ether oxygens (including phenoxy) is 2. The normalized spacial score (nSPS) is 12.7. The van der Waals surface area contributed by atoms with Gasteiger partial charge in [0.05, 0.1) is 11.7 Å². The topological polar surface area (TPSA) is 35.5 Å². The van der Waals surface area contributed by atoms with Gasteiger partial charge < -0.3 is 9.47 Å². The zero-order chi connectivity index (χ0) is 27.2. The molecule has 3 rings (SSSR count). The summed E-state index contributed by atoms with van der Waals surface area (Å²) in [5.41, 5.74) is 6.08. The highest BCUT2D eigenvalue weighted by molar-refractivity contribution is 5.97. The molecule has 0 bridgehead atoms. The number of carbonyl (C=O) groups excluding carboxylic acids is 1. The van der Waals surface area contributed by atoms with Crippen molar-refractivity contribution in [1.29, 1.82) is 0 Å². The molecule has 0 spiro atoms. The van der Waals surface area contributed by atoms with Crippen molar-refractivity contribution in [3.05, 3.63) is 83.9 Å². The molecule has 0 aliphatic heterocycles. The number of hydrogen-bond acceptors (Lipinski definition) is 3. The highest BCUT2D eigenvalue weighted by atomic mass is 16.5. The van der Waals surface area contributed by atoms with Crippen molar-refractivity contribution in [3.8, 4) is 22.3 Å². The van der Waals surface area contributed by atoms with Crippen LogP contribution in [0.2, 0.25) is 0 Å². The van der Waals surface area contributed by atoms with Crippen LogP contribution in [0.15, 0.2) is 72.8 Å². The van der Waals surface area contributed by atoms with Gasteiger partial charge in [-0.2, -0.15) is 0 Å². The van der Waals surface area contributed by atoms with Crippen LogP contribution in [0.3, 0.4) is 0 Å². The maximum Gasteiger partial charge on any atom is 0.339 e. The number of rotatable bonds is 16. The second-order valence-electron chi connectivity index (χ2n) is 10.3. The van der Waals surface area contributed by atoms with Crippen molar-refractivity contribution in [3.63, 3.8) is 0 Å². The molecule has 3 aromatic rings. The minimum absolute atomic E-state index is 0.0139. The molecule has 3 aromatic carbocycles. The molecular weight excluding hydrogens is 468 g/mol. The van der Waals surface area contributed by atoms with Gasteiger partial charge in [0.25, 0.3) is 0 Å². The van der Waals surface area contributed by atoms with Gasteiger partial charge in [-0.05, 0) is 60.1 Å². The molecular formula is C35H46O3. The van der Waals surface area contributed by atoms with E-state index in [0.29, 0.717) is 5.56 Å². The van der Waals surface area contributed by atoms with E-state index in [1.165, 1.54) is 30.4 Å². The first kappa shape index (κ1) is 29.6. The molecule has 2 unspecified atom stereocenters. The number of esters is 1. The summed E-state index contributed by atoms with van der Waals surface area (Å²) < 4.78 is 12.0. The van der Waals surface area contributed by atoms with Gasteiger partial charge in [0.15, 0.2) is 0 Å². The first-order chi connectivity index (χ1) is 18.6. The lowest BCUT2D eigenvalue weighted by Gasteiger charge is -2.18. The van der Waals surface area contributed by atoms with Gasteiger partial charge in [-0.25, -0.2) is 4.79 Å². The van der Waals surface area contributed by atoms with E-state index in [2.05, 4.69) is 76.2 Å². The Bertz CT molecular complexity index is 1080. The first-order valence-corrected chi connectivity index (χ1v) is 14.7. The maximum atomic E-state index is 13.1. The smallest absolute Gasteiger partial charge is 0.339 e. The predicted molar refractivity (Wildman–Crippen MR) is 159 cm³/mol. The van der Waals surface area contributed by atoms with E-state index >= 15 is 0 Å². The molecule has 0 amide bonds. The zero-order valence-corrected chi connectivity index (χ0v) is 23.9. The Labute approximate surface area is 230 Å². The molecule has 3 nitrogen and oxygen atoms in total. The lowest BCUT2D eigenvalue weighted by Crippen LogP contribution is -2.18. The Morgan fingerprint density at radius 3 is 1.97 bits per heavy atom. The van der Waals surface area contributed by atoms with Crippen LogP contribution in [0.1, 0.15) is 108 Å². The fourth-order valence-electron chi connectivity index (χ4n) is 4.82. The van der Waals surface area contributed by atoms with Gasteiger partial charge in [-0.1, -0.05) is 126 Å². The quantitative estimate of drug-likeness (QED) is 0.141. The SMILES string of the molecule is CCCCCCOC(C)c1ccc(-c2ccc(-c3ccccc3C(=O)OC(CCC)CCCC)cc2)cc1. The second-order valence-corrected chi connectivity index (χ2v) is 10.3. The van der Waals surface area contributed by atoms with Gasteiger partial charge in [0, 0.05) is 6.61 Å². The van der Waals surface area contributed by atoms with Crippen LogP contribution in [0, 0.1) is 0 Å².